The molecule has 0 saturated carbocycles. The van der Waals surface area contributed by atoms with E-state index in [2.05, 4.69) is 4.90 Å². The fourth-order valence-corrected chi connectivity index (χ4v) is 2.85. The Balaban J connectivity index is 1.84. The van der Waals surface area contributed by atoms with E-state index in [1.807, 2.05) is 20.8 Å². The molecule has 2 heterocycles. The van der Waals surface area contributed by atoms with Crippen molar-refractivity contribution in [3.8, 4) is 0 Å². The van der Waals surface area contributed by atoms with Crippen molar-refractivity contribution in [3.05, 3.63) is 0 Å². The normalized spacial score (nSPS) is 29.6. The summed E-state index contributed by atoms with van der Waals surface area (Å²) in [5, 5.41) is 9.72. The van der Waals surface area contributed by atoms with Gasteiger partial charge < -0.3 is 14.7 Å². The molecule has 1 N–H and O–H groups in total. The second-order valence-electron chi connectivity index (χ2n) is 6.66. The minimum Gasteiger partial charge on any atom is -0.444 e. The Bertz CT molecular complexity index is 327. The van der Waals surface area contributed by atoms with Gasteiger partial charge in [0.1, 0.15) is 5.60 Å². The monoisotopic (exact) mass is 270 g/mol. The zero-order valence-electron chi connectivity index (χ0n) is 12.3. The van der Waals surface area contributed by atoms with Gasteiger partial charge in [-0.1, -0.05) is 0 Å². The van der Waals surface area contributed by atoms with Crippen LogP contribution in [-0.2, 0) is 4.74 Å². The van der Waals surface area contributed by atoms with Crippen molar-refractivity contribution < 1.29 is 14.6 Å². The third kappa shape index (κ3) is 4.08. The molecule has 0 unspecified atom stereocenters. The second kappa shape index (κ2) is 5.67. The van der Waals surface area contributed by atoms with Crippen LogP contribution in [0.2, 0.25) is 0 Å². The number of carbonyl (C=O) groups excluding carboxylic acids is 1. The van der Waals surface area contributed by atoms with E-state index in [1.165, 1.54) is 0 Å². The quantitative estimate of drug-likeness (QED) is 0.783. The molecule has 2 aliphatic rings. The summed E-state index contributed by atoms with van der Waals surface area (Å²) in [5.41, 5.74) is -0.434. The molecule has 2 saturated heterocycles. The number of aliphatic hydroxyl groups excluding tert-OH is 1. The highest BCUT2D eigenvalue weighted by molar-refractivity contribution is 5.68. The highest BCUT2D eigenvalue weighted by Crippen LogP contribution is 2.22. The molecule has 0 aromatic rings. The van der Waals surface area contributed by atoms with Crippen molar-refractivity contribution in [1.82, 2.24) is 9.80 Å². The molecule has 1 amide bonds. The summed E-state index contributed by atoms with van der Waals surface area (Å²) in [6.45, 7) is 8.92. The van der Waals surface area contributed by atoms with Crippen molar-refractivity contribution in [1.29, 1.82) is 0 Å². The Morgan fingerprint density at radius 1 is 1.21 bits per heavy atom. The Labute approximate surface area is 115 Å². The van der Waals surface area contributed by atoms with Gasteiger partial charge in [-0.05, 0) is 46.6 Å². The molecule has 19 heavy (non-hydrogen) atoms. The van der Waals surface area contributed by atoms with E-state index in [0.717, 1.165) is 45.4 Å². The predicted molar refractivity (Wildman–Crippen MR) is 73.0 cm³/mol. The van der Waals surface area contributed by atoms with Crippen LogP contribution in [-0.4, -0.2) is 64.9 Å². The molecule has 2 fully saturated rings. The summed E-state index contributed by atoms with van der Waals surface area (Å²) in [4.78, 5) is 16.1. The average Bonchev–Trinajstić information content (AvgIpc) is 2.75. The summed E-state index contributed by atoms with van der Waals surface area (Å²) in [6, 6.07) is 0.377. The number of aliphatic hydroxyl groups is 1. The largest absolute Gasteiger partial charge is 0.444 e. The molecule has 0 radical (unpaired) electrons. The molecule has 5 heteroatoms. The van der Waals surface area contributed by atoms with Gasteiger partial charge in [0.05, 0.1) is 6.10 Å². The lowest BCUT2D eigenvalue weighted by molar-refractivity contribution is 0.0244. The fraction of sp³-hybridized carbons (Fsp3) is 0.929. The number of rotatable bonds is 1. The lowest BCUT2D eigenvalue weighted by Crippen LogP contribution is -2.46. The standard InChI is InChI=1S/C14H26N2O3/c1-14(2,3)19-13(18)16-8-6-11(9-16)15-7-4-5-12(17)10-15/h11-12,17H,4-10H2,1-3H3/t11-,12+/m1/s1. The van der Waals surface area contributed by atoms with Gasteiger partial charge in [-0.15, -0.1) is 0 Å². The van der Waals surface area contributed by atoms with Gasteiger partial charge in [-0.2, -0.15) is 0 Å². The van der Waals surface area contributed by atoms with Crippen LogP contribution < -0.4 is 0 Å². The van der Waals surface area contributed by atoms with E-state index in [9.17, 15) is 9.90 Å². The molecular weight excluding hydrogens is 244 g/mol. The zero-order chi connectivity index (χ0) is 14.0. The minimum absolute atomic E-state index is 0.204. The number of piperidine rings is 1. The Morgan fingerprint density at radius 3 is 2.58 bits per heavy atom. The summed E-state index contributed by atoms with van der Waals surface area (Å²) in [6.07, 6.45) is 2.51. The van der Waals surface area contributed by atoms with Gasteiger partial charge in [0.2, 0.25) is 0 Å². The summed E-state index contributed by atoms with van der Waals surface area (Å²) in [7, 11) is 0. The minimum atomic E-state index is -0.434. The van der Waals surface area contributed by atoms with Gasteiger partial charge >= 0.3 is 6.09 Å². The van der Waals surface area contributed by atoms with Gasteiger partial charge in [-0.3, -0.25) is 4.90 Å². The molecule has 2 atom stereocenters. The number of nitrogens with zero attached hydrogens (tertiary/aromatic N) is 2. The van der Waals surface area contributed by atoms with E-state index in [0.29, 0.717) is 6.04 Å². The SMILES string of the molecule is CC(C)(C)OC(=O)N1CC[C@@H](N2CCC[C@H](O)C2)C1. The van der Waals surface area contributed by atoms with Gasteiger partial charge in [0, 0.05) is 25.7 Å². The smallest absolute Gasteiger partial charge is 0.410 e. The first-order chi connectivity index (χ1) is 8.85. The molecule has 0 aromatic carbocycles. The van der Waals surface area contributed by atoms with Gasteiger partial charge in [0.25, 0.3) is 0 Å². The zero-order valence-corrected chi connectivity index (χ0v) is 12.3. The third-order valence-corrected chi connectivity index (χ3v) is 3.76. The van der Waals surface area contributed by atoms with Crippen LogP contribution in [0.1, 0.15) is 40.0 Å². The van der Waals surface area contributed by atoms with Crippen molar-refractivity contribution >= 4 is 6.09 Å². The molecule has 2 aliphatic heterocycles. The third-order valence-electron chi connectivity index (χ3n) is 3.76. The molecule has 0 bridgehead atoms. The van der Waals surface area contributed by atoms with Crippen LogP contribution in [0, 0.1) is 0 Å². The lowest BCUT2D eigenvalue weighted by Gasteiger charge is -2.34. The van der Waals surface area contributed by atoms with E-state index in [-0.39, 0.29) is 12.2 Å². The molecule has 2 rings (SSSR count). The molecule has 5 nitrogen and oxygen atoms in total. The highest BCUT2D eigenvalue weighted by atomic mass is 16.6. The van der Waals surface area contributed by atoms with Crippen LogP contribution in [0.4, 0.5) is 4.79 Å². The number of hydrogen-bond acceptors (Lipinski definition) is 4. The van der Waals surface area contributed by atoms with Gasteiger partial charge in [-0.25, -0.2) is 4.79 Å². The highest BCUT2D eigenvalue weighted by Gasteiger charge is 2.34. The maximum Gasteiger partial charge on any atom is 0.410 e. The first-order valence-corrected chi connectivity index (χ1v) is 7.25. The maximum absolute atomic E-state index is 12.0. The van der Waals surface area contributed by atoms with Crippen LogP contribution in [0.15, 0.2) is 0 Å². The van der Waals surface area contributed by atoms with Crippen molar-refractivity contribution in [3.63, 3.8) is 0 Å². The van der Waals surface area contributed by atoms with Crippen molar-refractivity contribution in [2.75, 3.05) is 26.2 Å². The Morgan fingerprint density at radius 2 is 1.95 bits per heavy atom. The van der Waals surface area contributed by atoms with E-state index in [1.54, 1.807) is 4.90 Å². The molecule has 0 aliphatic carbocycles. The molecular formula is C14H26N2O3. The number of hydrogen-bond donors (Lipinski definition) is 1. The first-order valence-electron chi connectivity index (χ1n) is 7.25. The predicted octanol–water partition coefficient (Wildman–Crippen LogP) is 1.45. The van der Waals surface area contributed by atoms with Crippen LogP contribution >= 0.6 is 0 Å². The fourth-order valence-electron chi connectivity index (χ4n) is 2.85. The molecule has 110 valence electrons. The number of β-amino-alcohol motifs (C(OH)–C–C–N with tert-alkyl or cyclic N) is 1. The number of ether oxygens (including phenoxy) is 1. The Hall–Kier alpha value is -0.810. The van der Waals surface area contributed by atoms with E-state index < -0.39 is 5.60 Å². The molecule has 0 spiro atoms. The molecule has 0 aromatic heterocycles. The number of amides is 1. The van der Waals surface area contributed by atoms with Crippen LogP contribution in [0.3, 0.4) is 0 Å². The van der Waals surface area contributed by atoms with Crippen molar-refractivity contribution in [2.45, 2.75) is 57.8 Å². The number of carbonyl (C=O) groups is 1. The average molecular weight is 270 g/mol. The number of likely N-dealkylation sites (tertiary alicyclic amines) is 2. The summed E-state index contributed by atoms with van der Waals surface area (Å²) >= 11 is 0. The summed E-state index contributed by atoms with van der Waals surface area (Å²) in [5.74, 6) is 0. The topological polar surface area (TPSA) is 53.0 Å². The maximum atomic E-state index is 12.0. The van der Waals surface area contributed by atoms with Crippen LogP contribution in [0.25, 0.3) is 0 Å². The van der Waals surface area contributed by atoms with Gasteiger partial charge in [0.15, 0.2) is 0 Å². The van der Waals surface area contributed by atoms with E-state index >= 15 is 0 Å². The summed E-state index contributed by atoms with van der Waals surface area (Å²) < 4.78 is 5.40. The lowest BCUT2D eigenvalue weighted by atomic mass is 10.1. The van der Waals surface area contributed by atoms with Crippen molar-refractivity contribution in [2.24, 2.45) is 0 Å². The first kappa shape index (κ1) is 14.6. The van der Waals surface area contributed by atoms with Crippen LogP contribution in [0.5, 0.6) is 0 Å². The second-order valence-corrected chi connectivity index (χ2v) is 6.66. The van der Waals surface area contributed by atoms with E-state index in [4.69, 9.17) is 4.74 Å². The Kier molecular flexibility index (Phi) is 4.36.